The largest absolute Gasteiger partial charge is 0.334 e. The second-order valence-electron chi connectivity index (χ2n) is 5.92. The van der Waals surface area contributed by atoms with Crippen LogP contribution in [0, 0.1) is 0 Å². The van der Waals surface area contributed by atoms with E-state index in [1.54, 1.807) is 11.0 Å². The molecule has 2 heterocycles. The summed E-state index contributed by atoms with van der Waals surface area (Å²) in [7, 11) is 0. The average Bonchev–Trinajstić information content (AvgIpc) is 3.14. The van der Waals surface area contributed by atoms with Crippen molar-refractivity contribution in [2.24, 2.45) is 0 Å². The Bertz CT molecular complexity index is 644. The number of nitrogens with zero attached hydrogens (tertiary/aromatic N) is 4. The fourth-order valence-electron chi connectivity index (χ4n) is 2.70. The fraction of sp³-hybridized carbons (Fsp3) is 0.471. The summed E-state index contributed by atoms with van der Waals surface area (Å²) in [6.07, 6.45) is 4.35. The summed E-state index contributed by atoms with van der Waals surface area (Å²) in [5.74, 6) is 1.03. The highest BCUT2D eigenvalue weighted by molar-refractivity contribution is 8.00. The van der Waals surface area contributed by atoms with Gasteiger partial charge in [0.25, 0.3) is 0 Å². The van der Waals surface area contributed by atoms with Crippen molar-refractivity contribution in [2.75, 3.05) is 18.8 Å². The number of hydrogen-bond acceptors (Lipinski definition) is 4. The van der Waals surface area contributed by atoms with Crippen molar-refractivity contribution in [1.29, 1.82) is 0 Å². The molecule has 1 saturated heterocycles. The third-order valence-corrected chi connectivity index (χ3v) is 5.53. The molecule has 3 rings (SSSR count). The third kappa shape index (κ3) is 4.50. The molecule has 7 heteroatoms. The van der Waals surface area contributed by atoms with Crippen molar-refractivity contribution in [1.82, 2.24) is 25.0 Å². The van der Waals surface area contributed by atoms with Gasteiger partial charge >= 0.3 is 6.03 Å². The summed E-state index contributed by atoms with van der Waals surface area (Å²) in [5.41, 5.74) is 2.26. The maximum atomic E-state index is 12.3. The minimum atomic E-state index is 0.0421. The molecule has 0 spiro atoms. The van der Waals surface area contributed by atoms with Gasteiger partial charge in [0.15, 0.2) is 0 Å². The smallest absolute Gasteiger partial charge is 0.317 e. The molecule has 1 aliphatic rings. The molecule has 1 aromatic heterocycles. The highest BCUT2D eigenvalue weighted by Crippen LogP contribution is 2.21. The lowest BCUT2D eigenvalue weighted by molar-refractivity contribution is 0.199. The number of rotatable bonds is 5. The molecule has 1 fully saturated rings. The van der Waals surface area contributed by atoms with Gasteiger partial charge in [-0.2, -0.15) is 16.9 Å². The normalized spacial score (nSPS) is 17.7. The van der Waals surface area contributed by atoms with Crippen molar-refractivity contribution in [2.45, 2.75) is 31.7 Å². The van der Waals surface area contributed by atoms with E-state index in [2.05, 4.69) is 34.5 Å². The van der Waals surface area contributed by atoms with Gasteiger partial charge < -0.3 is 10.2 Å². The van der Waals surface area contributed by atoms with Crippen LogP contribution < -0.4 is 5.32 Å². The van der Waals surface area contributed by atoms with Crippen LogP contribution in [0.1, 0.15) is 24.5 Å². The van der Waals surface area contributed by atoms with Gasteiger partial charge in [-0.1, -0.05) is 31.2 Å². The molecule has 2 aromatic rings. The molecule has 2 amide bonds. The standard InChI is InChI=1S/C17H23N5OS/c1-2-16-11-21(7-8-24-16)17(23)19-9-14-3-5-15(6-4-14)10-22-13-18-12-20-22/h3-6,12-13,16H,2,7-11H2,1H3,(H,19,23). The van der Waals surface area contributed by atoms with E-state index >= 15 is 0 Å². The van der Waals surface area contributed by atoms with Crippen LogP contribution in [-0.2, 0) is 13.1 Å². The minimum absolute atomic E-state index is 0.0421. The summed E-state index contributed by atoms with van der Waals surface area (Å²) in [6, 6.07) is 8.27. The van der Waals surface area contributed by atoms with Crippen molar-refractivity contribution in [3.8, 4) is 0 Å². The maximum Gasteiger partial charge on any atom is 0.317 e. The fourth-order valence-corrected chi connectivity index (χ4v) is 3.88. The number of carbonyl (C=O) groups excluding carboxylic acids is 1. The summed E-state index contributed by atoms with van der Waals surface area (Å²) < 4.78 is 1.79. The van der Waals surface area contributed by atoms with Crippen molar-refractivity contribution in [3.05, 3.63) is 48.0 Å². The van der Waals surface area contributed by atoms with Crippen LogP contribution in [0.15, 0.2) is 36.9 Å². The van der Waals surface area contributed by atoms with Gasteiger partial charge in [0, 0.05) is 30.6 Å². The molecule has 0 bridgehead atoms. The number of amides is 2. The van der Waals surface area contributed by atoms with Gasteiger partial charge in [-0.05, 0) is 17.5 Å². The quantitative estimate of drug-likeness (QED) is 0.904. The predicted molar refractivity (Wildman–Crippen MR) is 95.9 cm³/mol. The molecule has 1 atom stereocenters. The molecular formula is C17H23N5OS. The van der Waals surface area contributed by atoms with E-state index in [9.17, 15) is 4.79 Å². The molecule has 6 nitrogen and oxygen atoms in total. The van der Waals surface area contributed by atoms with Crippen LogP contribution in [0.2, 0.25) is 0 Å². The van der Waals surface area contributed by atoms with Crippen LogP contribution in [0.5, 0.6) is 0 Å². The van der Waals surface area contributed by atoms with Crippen molar-refractivity contribution >= 4 is 17.8 Å². The zero-order chi connectivity index (χ0) is 16.8. The Balaban J connectivity index is 1.48. The second-order valence-corrected chi connectivity index (χ2v) is 7.32. The minimum Gasteiger partial charge on any atom is -0.334 e. The summed E-state index contributed by atoms with van der Waals surface area (Å²) >= 11 is 1.97. The van der Waals surface area contributed by atoms with Crippen LogP contribution in [-0.4, -0.2) is 49.8 Å². The van der Waals surface area contributed by atoms with Gasteiger partial charge in [0.05, 0.1) is 6.54 Å². The first-order chi connectivity index (χ1) is 11.7. The first-order valence-corrected chi connectivity index (χ1v) is 9.34. The summed E-state index contributed by atoms with van der Waals surface area (Å²) in [4.78, 5) is 18.2. The zero-order valence-electron chi connectivity index (χ0n) is 13.9. The van der Waals surface area contributed by atoms with Gasteiger partial charge in [0.2, 0.25) is 0 Å². The molecule has 1 N–H and O–H groups in total. The lowest BCUT2D eigenvalue weighted by Crippen LogP contribution is -2.46. The summed E-state index contributed by atoms with van der Waals surface area (Å²) in [5, 5.41) is 7.70. The van der Waals surface area contributed by atoms with Gasteiger partial charge in [-0.3, -0.25) is 0 Å². The van der Waals surface area contributed by atoms with Crippen LogP contribution in [0.25, 0.3) is 0 Å². The van der Waals surface area contributed by atoms with Crippen LogP contribution in [0.4, 0.5) is 4.79 Å². The molecule has 0 aliphatic carbocycles. The number of nitrogens with one attached hydrogen (secondary N) is 1. The molecule has 1 unspecified atom stereocenters. The SMILES string of the molecule is CCC1CN(C(=O)NCc2ccc(Cn3cncn3)cc2)CCS1. The van der Waals surface area contributed by atoms with Gasteiger partial charge in [-0.25, -0.2) is 14.5 Å². The first-order valence-electron chi connectivity index (χ1n) is 8.29. The first kappa shape index (κ1) is 16.8. The van der Waals surface area contributed by atoms with Crippen LogP contribution >= 0.6 is 11.8 Å². The van der Waals surface area contributed by atoms with E-state index in [4.69, 9.17) is 0 Å². The van der Waals surface area contributed by atoms with Gasteiger partial charge in [-0.15, -0.1) is 0 Å². The monoisotopic (exact) mass is 345 g/mol. The molecule has 24 heavy (non-hydrogen) atoms. The highest BCUT2D eigenvalue weighted by atomic mass is 32.2. The van der Waals surface area contributed by atoms with Crippen LogP contribution in [0.3, 0.4) is 0 Å². The zero-order valence-corrected chi connectivity index (χ0v) is 14.7. The second kappa shape index (κ2) is 8.19. The number of hydrogen-bond donors (Lipinski definition) is 1. The molecular weight excluding hydrogens is 322 g/mol. The Kier molecular flexibility index (Phi) is 5.74. The van der Waals surface area contributed by atoms with E-state index in [0.717, 1.165) is 36.4 Å². The van der Waals surface area contributed by atoms with E-state index in [-0.39, 0.29) is 6.03 Å². The number of aromatic nitrogens is 3. The highest BCUT2D eigenvalue weighted by Gasteiger charge is 2.22. The number of benzene rings is 1. The lowest BCUT2D eigenvalue weighted by atomic mass is 10.1. The van der Waals surface area contributed by atoms with Gasteiger partial charge in [0.1, 0.15) is 12.7 Å². The Labute approximate surface area is 146 Å². The average molecular weight is 345 g/mol. The van der Waals surface area contributed by atoms with Crippen molar-refractivity contribution < 1.29 is 4.79 Å². The maximum absolute atomic E-state index is 12.3. The third-order valence-electron chi connectivity index (χ3n) is 4.16. The molecule has 1 aromatic carbocycles. The molecule has 0 saturated carbocycles. The summed E-state index contributed by atoms with van der Waals surface area (Å²) in [6.45, 7) is 5.13. The number of urea groups is 1. The molecule has 1 aliphatic heterocycles. The van der Waals surface area contributed by atoms with Crippen molar-refractivity contribution in [3.63, 3.8) is 0 Å². The Hall–Kier alpha value is -2.02. The predicted octanol–water partition coefficient (Wildman–Crippen LogP) is 2.36. The van der Waals surface area contributed by atoms with E-state index in [1.807, 2.05) is 28.8 Å². The van der Waals surface area contributed by atoms with E-state index < -0.39 is 0 Å². The van der Waals surface area contributed by atoms with E-state index in [1.165, 1.54) is 6.33 Å². The number of thioether (sulfide) groups is 1. The Morgan fingerprint density at radius 3 is 2.83 bits per heavy atom. The Morgan fingerprint density at radius 2 is 2.12 bits per heavy atom. The molecule has 128 valence electrons. The van der Waals surface area contributed by atoms with E-state index in [0.29, 0.717) is 18.3 Å². The number of carbonyl (C=O) groups is 1. The lowest BCUT2D eigenvalue weighted by Gasteiger charge is -2.31. The molecule has 0 radical (unpaired) electrons. The topological polar surface area (TPSA) is 63.1 Å². The Morgan fingerprint density at radius 1 is 1.33 bits per heavy atom.